The highest BCUT2D eigenvalue weighted by Crippen LogP contribution is 2.16. The average molecular weight is 262 g/mol. The molecular weight excluding hydrogens is 248 g/mol. The quantitative estimate of drug-likeness (QED) is 0.369. The zero-order valence-corrected chi connectivity index (χ0v) is 10.4. The van der Waals surface area contributed by atoms with Crippen LogP contribution in [0.3, 0.4) is 0 Å². The van der Waals surface area contributed by atoms with E-state index in [0.717, 1.165) is 5.56 Å². The Morgan fingerprint density at radius 2 is 2.16 bits per heavy atom. The summed E-state index contributed by atoms with van der Waals surface area (Å²) in [6.45, 7) is 0.980. The van der Waals surface area contributed by atoms with Gasteiger partial charge in [0, 0.05) is 37.5 Å². The van der Waals surface area contributed by atoms with Crippen molar-refractivity contribution < 1.29 is 9.66 Å². The summed E-state index contributed by atoms with van der Waals surface area (Å²) in [5.74, 6) is 0.587. The summed E-state index contributed by atoms with van der Waals surface area (Å²) in [5, 5.41) is 17.6. The van der Waals surface area contributed by atoms with Gasteiger partial charge < -0.3 is 4.74 Å². The Morgan fingerprint density at radius 1 is 1.42 bits per heavy atom. The topological polar surface area (TPSA) is 82.2 Å². The van der Waals surface area contributed by atoms with Crippen molar-refractivity contribution in [3.63, 3.8) is 0 Å². The molecule has 0 bridgehead atoms. The first-order valence-electron chi connectivity index (χ1n) is 5.70. The van der Waals surface area contributed by atoms with E-state index >= 15 is 0 Å². The molecule has 2 rings (SSSR count). The van der Waals surface area contributed by atoms with Gasteiger partial charge >= 0.3 is 0 Å². The number of nitrogens with one attached hydrogen (secondary N) is 1. The van der Waals surface area contributed by atoms with Crippen LogP contribution in [0.15, 0.2) is 36.7 Å². The fourth-order valence-electron chi connectivity index (χ4n) is 1.56. The first-order valence-corrected chi connectivity index (χ1v) is 5.70. The molecule has 0 atom stereocenters. The second kappa shape index (κ2) is 5.96. The maximum atomic E-state index is 10.5. The lowest BCUT2D eigenvalue weighted by molar-refractivity contribution is -0.384. The van der Waals surface area contributed by atoms with Gasteiger partial charge in [-0.1, -0.05) is 0 Å². The normalized spacial score (nSPS) is 10.4. The standard InChI is InChI=1S/C12H14N4O3/c1-15-8-10(7-14-15)6-13-9-19-12-4-2-11(3-5-12)16(17)18/h2-5,7-8,13H,6,9H2,1H3. The van der Waals surface area contributed by atoms with Crippen LogP contribution in [-0.2, 0) is 13.6 Å². The van der Waals surface area contributed by atoms with Crippen molar-refractivity contribution in [3.8, 4) is 5.75 Å². The second-order valence-electron chi connectivity index (χ2n) is 3.99. The van der Waals surface area contributed by atoms with Crippen molar-refractivity contribution in [2.75, 3.05) is 6.73 Å². The molecule has 1 N–H and O–H groups in total. The number of rotatable bonds is 6. The molecule has 0 aliphatic heterocycles. The fourth-order valence-corrected chi connectivity index (χ4v) is 1.56. The molecule has 1 heterocycles. The zero-order chi connectivity index (χ0) is 13.7. The summed E-state index contributed by atoms with van der Waals surface area (Å²) in [7, 11) is 1.86. The molecule has 0 radical (unpaired) electrons. The molecule has 1 aromatic carbocycles. The molecule has 0 saturated heterocycles. The average Bonchev–Trinajstić information content (AvgIpc) is 2.81. The molecule has 0 unspecified atom stereocenters. The number of non-ortho nitro benzene ring substituents is 1. The molecule has 0 fully saturated rings. The highest BCUT2D eigenvalue weighted by atomic mass is 16.6. The minimum absolute atomic E-state index is 0.0515. The Labute approximate surface area is 110 Å². The van der Waals surface area contributed by atoms with E-state index in [9.17, 15) is 10.1 Å². The Kier molecular flexibility index (Phi) is 4.09. The maximum absolute atomic E-state index is 10.5. The Morgan fingerprint density at radius 3 is 2.74 bits per heavy atom. The van der Waals surface area contributed by atoms with E-state index in [2.05, 4.69) is 10.4 Å². The fraction of sp³-hybridized carbons (Fsp3) is 0.250. The van der Waals surface area contributed by atoms with Crippen LogP contribution in [-0.4, -0.2) is 21.4 Å². The molecule has 0 amide bonds. The van der Waals surface area contributed by atoms with Crippen LogP contribution in [0.25, 0.3) is 0 Å². The highest BCUT2D eigenvalue weighted by Gasteiger charge is 2.04. The second-order valence-corrected chi connectivity index (χ2v) is 3.99. The number of hydrogen-bond acceptors (Lipinski definition) is 5. The minimum atomic E-state index is -0.440. The third kappa shape index (κ3) is 3.78. The number of benzene rings is 1. The van der Waals surface area contributed by atoms with E-state index in [1.54, 1.807) is 23.0 Å². The highest BCUT2D eigenvalue weighted by molar-refractivity contribution is 5.35. The molecule has 0 saturated carbocycles. The van der Waals surface area contributed by atoms with Crippen molar-refractivity contribution in [2.45, 2.75) is 6.54 Å². The van der Waals surface area contributed by atoms with Crippen molar-refractivity contribution in [1.29, 1.82) is 0 Å². The summed E-state index contributed by atoms with van der Waals surface area (Å²) in [4.78, 5) is 10.0. The van der Waals surface area contributed by atoms with Gasteiger partial charge in [-0.3, -0.25) is 20.1 Å². The monoisotopic (exact) mass is 262 g/mol. The van der Waals surface area contributed by atoms with Gasteiger partial charge in [0.05, 0.1) is 11.1 Å². The van der Waals surface area contributed by atoms with Crippen LogP contribution in [0.5, 0.6) is 5.75 Å². The third-order valence-electron chi connectivity index (χ3n) is 2.48. The molecule has 0 aliphatic carbocycles. The predicted octanol–water partition coefficient (Wildman–Crippen LogP) is 1.45. The Balaban J connectivity index is 1.75. The van der Waals surface area contributed by atoms with E-state index in [4.69, 9.17) is 4.74 Å². The molecule has 1 aromatic heterocycles. The van der Waals surface area contributed by atoms with Gasteiger partial charge in [0.15, 0.2) is 0 Å². The molecule has 2 aromatic rings. The Hall–Kier alpha value is -2.41. The van der Waals surface area contributed by atoms with Gasteiger partial charge in [-0.2, -0.15) is 5.10 Å². The van der Waals surface area contributed by atoms with Gasteiger partial charge in [-0.15, -0.1) is 0 Å². The van der Waals surface area contributed by atoms with Crippen molar-refractivity contribution in [3.05, 3.63) is 52.3 Å². The van der Waals surface area contributed by atoms with E-state index in [1.165, 1.54) is 12.1 Å². The van der Waals surface area contributed by atoms with Crippen LogP contribution in [0, 0.1) is 10.1 Å². The SMILES string of the molecule is Cn1cc(CNCOc2ccc([N+](=O)[O-])cc2)cn1. The number of ether oxygens (including phenoxy) is 1. The van der Waals surface area contributed by atoms with Crippen LogP contribution >= 0.6 is 0 Å². The minimum Gasteiger partial charge on any atom is -0.478 e. The largest absolute Gasteiger partial charge is 0.478 e. The number of aryl methyl sites for hydroxylation is 1. The zero-order valence-electron chi connectivity index (χ0n) is 10.4. The lowest BCUT2D eigenvalue weighted by Crippen LogP contribution is -2.19. The van der Waals surface area contributed by atoms with Crippen LogP contribution < -0.4 is 10.1 Å². The first-order chi connectivity index (χ1) is 9.15. The van der Waals surface area contributed by atoms with Gasteiger partial charge in [0.25, 0.3) is 5.69 Å². The number of nitro groups is 1. The summed E-state index contributed by atoms with van der Waals surface area (Å²) in [5.41, 5.74) is 1.12. The first kappa shape index (κ1) is 13.0. The van der Waals surface area contributed by atoms with E-state index in [0.29, 0.717) is 19.0 Å². The molecule has 0 aliphatic rings. The van der Waals surface area contributed by atoms with E-state index < -0.39 is 4.92 Å². The lowest BCUT2D eigenvalue weighted by atomic mass is 10.3. The summed E-state index contributed by atoms with van der Waals surface area (Å²) in [6.07, 6.45) is 3.69. The van der Waals surface area contributed by atoms with Crippen molar-refractivity contribution in [1.82, 2.24) is 15.1 Å². The summed E-state index contributed by atoms with van der Waals surface area (Å²) in [6, 6.07) is 5.97. The Bertz CT molecular complexity index is 550. The number of hydrogen-bond donors (Lipinski definition) is 1. The van der Waals surface area contributed by atoms with Crippen LogP contribution in [0.1, 0.15) is 5.56 Å². The molecule has 100 valence electrons. The predicted molar refractivity (Wildman–Crippen MR) is 68.6 cm³/mol. The van der Waals surface area contributed by atoms with E-state index in [1.807, 2.05) is 13.2 Å². The van der Waals surface area contributed by atoms with Gasteiger partial charge in [0.2, 0.25) is 0 Å². The number of nitro benzene ring substituents is 1. The van der Waals surface area contributed by atoms with Gasteiger partial charge in [0.1, 0.15) is 12.5 Å². The van der Waals surface area contributed by atoms with E-state index in [-0.39, 0.29) is 5.69 Å². The van der Waals surface area contributed by atoms with Crippen molar-refractivity contribution >= 4 is 5.69 Å². The third-order valence-corrected chi connectivity index (χ3v) is 2.48. The number of aromatic nitrogens is 2. The molecule has 19 heavy (non-hydrogen) atoms. The molecule has 7 heteroatoms. The molecular formula is C12H14N4O3. The molecule has 7 nitrogen and oxygen atoms in total. The van der Waals surface area contributed by atoms with Crippen molar-refractivity contribution in [2.24, 2.45) is 7.05 Å². The summed E-state index contributed by atoms with van der Waals surface area (Å²) >= 11 is 0. The maximum Gasteiger partial charge on any atom is 0.269 e. The van der Waals surface area contributed by atoms with Crippen LogP contribution in [0.2, 0.25) is 0 Å². The van der Waals surface area contributed by atoms with Gasteiger partial charge in [-0.25, -0.2) is 0 Å². The smallest absolute Gasteiger partial charge is 0.269 e. The molecule has 0 spiro atoms. The van der Waals surface area contributed by atoms with Crippen LogP contribution in [0.4, 0.5) is 5.69 Å². The lowest BCUT2D eigenvalue weighted by Gasteiger charge is -2.06. The summed E-state index contributed by atoms with van der Waals surface area (Å²) < 4.78 is 7.14. The number of nitrogens with zero attached hydrogens (tertiary/aromatic N) is 3. The van der Waals surface area contributed by atoms with Gasteiger partial charge in [-0.05, 0) is 12.1 Å².